The van der Waals surface area contributed by atoms with Crippen molar-refractivity contribution in [1.29, 1.82) is 0 Å². The van der Waals surface area contributed by atoms with Crippen molar-refractivity contribution < 1.29 is 14.0 Å². The summed E-state index contributed by atoms with van der Waals surface area (Å²) in [4.78, 5) is 23.9. The first-order valence-corrected chi connectivity index (χ1v) is 7.91. The molecule has 24 heavy (non-hydrogen) atoms. The molecule has 0 aromatic heterocycles. The van der Waals surface area contributed by atoms with Gasteiger partial charge in [0, 0.05) is 17.6 Å². The minimum Gasteiger partial charge on any atom is -0.347 e. The van der Waals surface area contributed by atoms with Gasteiger partial charge in [-0.15, -0.1) is 0 Å². The van der Waals surface area contributed by atoms with Gasteiger partial charge in [-0.3, -0.25) is 9.59 Å². The maximum atomic E-state index is 13.1. The smallest absolute Gasteiger partial charge is 0.313 e. The molecule has 0 radical (unpaired) electrons. The van der Waals surface area contributed by atoms with Gasteiger partial charge in [-0.25, -0.2) is 4.39 Å². The lowest BCUT2D eigenvalue weighted by Crippen LogP contribution is -2.39. The quantitative estimate of drug-likeness (QED) is 0.849. The molecular formula is C19H19FN2O2. The van der Waals surface area contributed by atoms with Gasteiger partial charge in [0.25, 0.3) is 0 Å². The van der Waals surface area contributed by atoms with Gasteiger partial charge in [0.1, 0.15) is 5.82 Å². The summed E-state index contributed by atoms with van der Waals surface area (Å²) in [6, 6.07) is 13.5. The van der Waals surface area contributed by atoms with E-state index in [2.05, 4.69) is 16.7 Å². The van der Waals surface area contributed by atoms with E-state index in [4.69, 9.17) is 0 Å². The standard InChI is InChI=1S/C19H19FN2O2/c1-13-5-2-3-8-16(13)19(9-10-19)12-21-17(23)18(24)22-15-7-4-6-14(20)11-15/h2-8,11H,9-10,12H2,1H3,(H,21,23)(H,22,24). The minimum atomic E-state index is -0.791. The van der Waals surface area contributed by atoms with E-state index in [-0.39, 0.29) is 11.1 Å². The Morgan fingerprint density at radius 2 is 1.83 bits per heavy atom. The molecule has 1 saturated carbocycles. The molecule has 0 saturated heterocycles. The Morgan fingerprint density at radius 3 is 2.50 bits per heavy atom. The maximum absolute atomic E-state index is 13.1. The van der Waals surface area contributed by atoms with E-state index >= 15 is 0 Å². The van der Waals surface area contributed by atoms with Crippen LogP contribution < -0.4 is 10.6 Å². The second-order valence-corrected chi connectivity index (χ2v) is 6.24. The number of rotatable bonds is 4. The monoisotopic (exact) mass is 326 g/mol. The van der Waals surface area contributed by atoms with Crippen LogP contribution in [0.15, 0.2) is 48.5 Å². The van der Waals surface area contributed by atoms with E-state index in [0.29, 0.717) is 6.54 Å². The zero-order chi connectivity index (χ0) is 17.2. The summed E-state index contributed by atoms with van der Waals surface area (Å²) in [6.07, 6.45) is 1.98. The van der Waals surface area contributed by atoms with Crippen molar-refractivity contribution >= 4 is 17.5 Å². The first kappa shape index (κ1) is 16.2. The highest BCUT2D eigenvalue weighted by Gasteiger charge is 2.45. The van der Waals surface area contributed by atoms with Gasteiger partial charge < -0.3 is 10.6 Å². The molecule has 124 valence electrons. The number of anilines is 1. The molecule has 3 rings (SSSR count). The van der Waals surface area contributed by atoms with Crippen molar-refractivity contribution in [2.24, 2.45) is 0 Å². The molecule has 1 aliphatic carbocycles. The number of carbonyl (C=O) groups excluding carboxylic acids is 2. The second kappa shape index (κ2) is 6.43. The molecule has 1 aliphatic rings. The van der Waals surface area contributed by atoms with Crippen molar-refractivity contribution in [3.8, 4) is 0 Å². The van der Waals surface area contributed by atoms with Gasteiger partial charge in [-0.1, -0.05) is 30.3 Å². The van der Waals surface area contributed by atoms with E-state index in [1.54, 1.807) is 0 Å². The summed E-state index contributed by atoms with van der Waals surface area (Å²) in [7, 11) is 0. The molecule has 2 aromatic carbocycles. The fourth-order valence-electron chi connectivity index (χ4n) is 2.94. The molecule has 2 aromatic rings. The first-order valence-electron chi connectivity index (χ1n) is 7.91. The average molecular weight is 326 g/mol. The number of carbonyl (C=O) groups is 2. The van der Waals surface area contributed by atoms with Gasteiger partial charge in [-0.05, 0) is 49.1 Å². The Labute approximate surface area is 140 Å². The summed E-state index contributed by atoms with van der Waals surface area (Å²) in [6.45, 7) is 2.47. The van der Waals surface area contributed by atoms with Crippen LogP contribution in [0.2, 0.25) is 0 Å². The largest absolute Gasteiger partial charge is 0.347 e. The minimum absolute atomic E-state index is 0.0693. The highest BCUT2D eigenvalue weighted by atomic mass is 19.1. The topological polar surface area (TPSA) is 58.2 Å². The normalized spacial score (nSPS) is 14.8. The van der Waals surface area contributed by atoms with Crippen LogP contribution in [0.25, 0.3) is 0 Å². The third-order valence-electron chi connectivity index (χ3n) is 4.45. The third-order valence-corrected chi connectivity index (χ3v) is 4.45. The average Bonchev–Trinajstić information content (AvgIpc) is 3.34. The molecule has 1 fully saturated rings. The summed E-state index contributed by atoms with van der Waals surface area (Å²) in [5.74, 6) is -1.97. The van der Waals surface area contributed by atoms with Crippen molar-refractivity contribution in [3.05, 3.63) is 65.5 Å². The number of halogens is 1. The lowest BCUT2D eigenvalue weighted by Gasteiger charge is -2.18. The van der Waals surface area contributed by atoms with Crippen LogP contribution in [0, 0.1) is 12.7 Å². The van der Waals surface area contributed by atoms with Crippen molar-refractivity contribution in [2.75, 3.05) is 11.9 Å². The zero-order valence-electron chi connectivity index (χ0n) is 13.4. The molecule has 4 nitrogen and oxygen atoms in total. The van der Waals surface area contributed by atoms with E-state index in [1.807, 2.05) is 25.1 Å². The highest BCUT2D eigenvalue weighted by Crippen LogP contribution is 2.48. The van der Waals surface area contributed by atoms with E-state index in [9.17, 15) is 14.0 Å². The molecule has 2 amide bonds. The van der Waals surface area contributed by atoms with E-state index in [1.165, 1.54) is 35.4 Å². The van der Waals surface area contributed by atoms with Crippen LogP contribution in [0.1, 0.15) is 24.0 Å². The summed E-state index contributed by atoms with van der Waals surface area (Å²) in [5, 5.41) is 5.10. The van der Waals surface area contributed by atoms with Crippen molar-refractivity contribution in [1.82, 2.24) is 5.32 Å². The van der Waals surface area contributed by atoms with E-state index in [0.717, 1.165) is 12.8 Å². The van der Waals surface area contributed by atoms with Crippen LogP contribution >= 0.6 is 0 Å². The molecule has 0 aliphatic heterocycles. The molecular weight excluding hydrogens is 307 g/mol. The van der Waals surface area contributed by atoms with Gasteiger partial charge in [0.05, 0.1) is 0 Å². The Bertz CT molecular complexity index is 784. The Balaban J connectivity index is 1.59. The van der Waals surface area contributed by atoms with Gasteiger partial charge >= 0.3 is 11.8 Å². The molecule has 0 spiro atoms. The second-order valence-electron chi connectivity index (χ2n) is 6.24. The first-order chi connectivity index (χ1) is 11.5. The SMILES string of the molecule is Cc1ccccc1C1(CNC(=O)C(=O)Nc2cccc(F)c2)CC1. The molecule has 0 unspecified atom stereocenters. The number of nitrogens with one attached hydrogen (secondary N) is 2. The van der Waals surface area contributed by atoms with Crippen molar-refractivity contribution in [3.63, 3.8) is 0 Å². The summed E-state index contributed by atoms with van der Waals surface area (Å²) >= 11 is 0. The number of hydrogen-bond donors (Lipinski definition) is 2. The fraction of sp³-hybridized carbons (Fsp3) is 0.263. The van der Waals surface area contributed by atoms with Crippen molar-refractivity contribution in [2.45, 2.75) is 25.2 Å². The van der Waals surface area contributed by atoms with Crippen LogP contribution in [0.5, 0.6) is 0 Å². The van der Waals surface area contributed by atoms with E-state index < -0.39 is 17.6 Å². The number of hydrogen-bond acceptors (Lipinski definition) is 2. The summed E-state index contributed by atoms with van der Waals surface area (Å²) < 4.78 is 13.1. The molecule has 5 heteroatoms. The fourth-order valence-corrected chi connectivity index (χ4v) is 2.94. The zero-order valence-corrected chi connectivity index (χ0v) is 13.4. The van der Waals surface area contributed by atoms with Crippen LogP contribution in [0.3, 0.4) is 0 Å². The maximum Gasteiger partial charge on any atom is 0.313 e. The van der Waals surface area contributed by atoms with Gasteiger partial charge in [0.15, 0.2) is 0 Å². The molecule has 0 heterocycles. The summed E-state index contributed by atoms with van der Waals surface area (Å²) in [5.41, 5.74) is 2.60. The Hall–Kier alpha value is -2.69. The lowest BCUT2D eigenvalue weighted by atomic mass is 9.92. The van der Waals surface area contributed by atoms with Crippen LogP contribution in [-0.2, 0) is 15.0 Å². The molecule has 0 bridgehead atoms. The molecule has 0 atom stereocenters. The Kier molecular flexibility index (Phi) is 4.34. The van der Waals surface area contributed by atoms with Crippen LogP contribution in [-0.4, -0.2) is 18.4 Å². The predicted octanol–water partition coefficient (Wildman–Crippen LogP) is 2.92. The predicted molar refractivity (Wildman–Crippen MR) is 90.1 cm³/mol. The Morgan fingerprint density at radius 1 is 1.08 bits per heavy atom. The number of benzene rings is 2. The molecule has 2 N–H and O–H groups in total. The van der Waals surface area contributed by atoms with Crippen LogP contribution in [0.4, 0.5) is 10.1 Å². The third kappa shape index (κ3) is 3.45. The van der Waals surface area contributed by atoms with Gasteiger partial charge in [-0.2, -0.15) is 0 Å². The number of aryl methyl sites for hydroxylation is 1. The highest BCUT2D eigenvalue weighted by molar-refractivity contribution is 6.39. The lowest BCUT2D eigenvalue weighted by molar-refractivity contribution is -0.136. The number of amides is 2. The van der Waals surface area contributed by atoms with Gasteiger partial charge in [0.2, 0.25) is 0 Å².